The second-order valence-corrected chi connectivity index (χ2v) is 7.75. The molecule has 7 nitrogen and oxygen atoms in total. The van der Waals surface area contributed by atoms with Gasteiger partial charge in [0.15, 0.2) is 10.8 Å². The number of aromatic nitrogens is 4. The molecule has 148 valence electrons. The van der Waals surface area contributed by atoms with E-state index in [2.05, 4.69) is 39.5 Å². The van der Waals surface area contributed by atoms with Crippen LogP contribution in [-0.4, -0.2) is 44.5 Å². The summed E-state index contributed by atoms with van der Waals surface area (Å²) in [5, 5.41) is 12.3. The fourth-order valence-electron chi connectivity index (χ4n) is 2.94. The van der Waals surface area contributed by atoms with E-state index in [4.69, 9.17) is 0 Å². The minimum absolute atomic E-state index is 0.00338. The molecular formula is C20H26N6OS. The second-order valence-electron chi connectivity index (χ2n) is 6.98. The maximum Gasteiger partial charge on any atom is 0.224 e. The zero-order valence-electron chi connectivity index (χ0n) is 16.7. The van der Waals surface area contributed by atoms with Crippen LogP contribution in [0, 0.1) is 6.92 Å². The van der Waals surface area contributed by atoms with Crippen LogP contribution in [0.5, 0.6) is 0 Å². The second kappa shape index (κ2) is 9.05. The number of hydrogen-bond donors (Lipinski definition) is 2. The molecule has 0 saturated carbocycles. The molecule has 3 rings (SSSR count). The topological polar surface area (TPSA) is 84.7 Å². The zero-order valence-corrected chi connectivity index (χ0v) is 17.5. The number of fused-ring (bicyclic) bond motifs is 1. The summed E-state index contributed by atoms with van der Waals surface area (Å²) in [6, 6.07) is 8.26. The lowest BCUT2D eigenvalue weighted by molar-refractivity contribution is -0.120. The Morgan fingerprint density at radius 1 is 1.29 bits per heavy atom. The van der Waals surface area contributed by atoms with E-state index >= 15 is 0 Å². The maximum absolute atomic E-state index is 12.2. The number of rotatable bonds is 8. The van der Waals surface area contributed by atoms with Crippen LogP contribution in [0.4, 0.5) is 5.82 Å². The van der Waals surface area contributed by atoms with Crippen molar-refractivity contribution in [1.29, 1.82) is 0 Å². The van der Waals surface area contributed by atoms with Gasteiger partial charge in [0.1, 0.15) is 5.82 Å². The smallest absolute Gasteiger partial charge is 0.224 e. The van der Waals surface area contributed by atoms with Crippen LogP contribution in [0.2, 0.25) is 0 Å². The fourth-order valence-corrected chi connectivity index (χ4v) is 3.31. The van der Waals surface area contributed by atoms with E-state index in [0.29, 0.717) is 24.7 Å². The van der Waals surface area contributed by atoms with Crippen molar-refractivity contribution in [2.75, 3.05) is 18.1 Å². The van der Waals surface area contributed by atoms with Gasteiger partial charge in [-0.2, -0.15) is 5.10 Å². The standard InChI is InChI=1S/C20H26N6OS/c1-13(2)23-18-16-12-22-26(19(16)25-20(24-18)28-4)9-8-21-17(27)11-15-7-5-6-14(3)10-15/h5-7,10,12-13H,8-9,11H2,1-4H3,(H,21,27)(H,23,24,25). The molecule has 2 heterocycles. The Balaban J connectivity index is 1.66. The van der Waals surface area contributed by atoms with Crippen molar-refractivity contribution < 1.29 is 4.79 Å². The van der Waals surface area contributed by atoms with E-state index in [0.717, 1.165) is 28.0 Å². The first-order valence-electron chi connectivity index (χ1n) is 9.32. The molecule has 0 atom stereocenters. The van der Waals surface area contributed by atoms with Crippen LogP contribution in [0.25, 0.3) is 11.0 Å². The number of nitrogens with one attached hydrogen (secondary N) is 2. The van der Waals surface area contributed by atoms with Crippen LogP contribution < -0.4 is 10.6 Å². The first kappa shape index (κ1) is 20.1. The number of aryl methyl sites for hydroxylation is 1. The molecule has 3 aromatic rings. The van der Waals surface area contributed by atoms with Gasteiger partial charge in [-0.1, -0.05) is 41.6 Å². The molecule has 0 fully saturated rings. The Kier molecular flexibility index (Phi) is 6.51. The van der Waals surface area contributed by atoms with Crippen LogP contribution >= 0.6 is 11.8 Å². The number of carbonyl (C=O) groups is 1. The predicted molar refractivity (Wildman–Crippen MR) is 114 cm³/mol. The minimum atomic E-state index is 0.00338. The van der Waals surface area contributed by atoms with Crippen molar-refractivity contribution in [3.05, 3.63) is 41.6 Å². The average Bonchev–Trinajstić information content (AvgIpc) is 3.04. The molecule has 1 amide bonds. The maximum atomic E-state index is 12.2. The van der Waals surface area contributed by atoms with Gasteiger partial charge in [0.25, 0.3) is 0 Å². The Bertz CT molecular complexity index is 968. The number of carbonyl (C=O) groups excluding carboxylic acids is 1. The number of thioether (sulfide) groups is 1. The molecular weight excluding hydrogens is 372 g/mol. The van der Waals surface area contributed by atoms with Gasteiger partial charge in [0.05, 0.1) is 24.5 Å². The SMILES string of the molecule is CSc1nc(NC(C)C)c2cnn(CCNC(=O)Cc3cccc(C)c3)c2n1. The van der Waals surface area contributed by atoms with Crippen LogP contribution in [0.15, 0.2) is 35.6 Å². The highest BCUT2D eigenvalue weighted by Gasteiger charge is 2.13. The first-order valence-corrected chi connectivity index (χ1v) is 10.5. The summed E-state index contributed by atoms with van der Waals surface area (Å²) in [5.41, 5.74) is 2.95. The minimum Gasteiger partial charge on any atom is -0.367 e. The highest BCUT2D eigenvalue weighted by Crippen LogP contribution is 2.23. The molecule has 0 aliphatic rings. The number of anilines is 1. The van der Waals surface area contributed by atoms with Crippen molar-refractivity contribution >= 4 is 34.5 Å². The third kappa shape index (κ3) is 5.01. The lowest BCUT2D eigenvalue weighted by Gasteiger charge is -2.11. The van der Waals surface area contributed by atoms with E-state index < -0.39 is 0 Å². The highest BCUT2D eigenvalue weighted by molar-refractivity contribution is 7.98. The molecule has 2 aromatic heterocycles. The summed E-state index contributed by atoms with van der Waals surface area (Å²) >= 11 is 1.50. The van der Waals surface area contributed by atoms with Gasteiger partial charge >= 0.3 is 0 Å². The van der Waals surface area contributed by atoms with Gasteiger partial charge in [-0.15, -0.1) is 0 Å². The fraction of sp³-hybridized carbons (Fsp3) is 0.400. The van der Waals surface area contributed by atoms with Crippen LogP contribution in [0.1, 0.15) is 25.0 Å². The molecule has 0 aliphatic carbocycles. The van der Waals surface area contributed by atoms with Crippen LogP contribution in [-0.2, 0) is 17.8 Å². The quantitative estimate of drug-likeness (QED) is 0.448. The van der Waals surface area contributed by atoms with E-state index in [-0.39, 0.29) is 11.9 Å². The number of amides is 1. The molecule has 28 heavy (non-hydrogen) atoms. The largest absolute Gasteiger partial charge is 0.367 e. The summed E-state index contributed by atoms with van der Waals surface area (Å²) in [4.78, 5) is 21.4. The van der Waals surface area contributed by atoms with E-state index in [1.54, 1.807) is 6.20 Å². The molecule has 0 unspecified atom stereocenters. The summed E-state index contributed by atoms with van der Waals surface area (Å²) in [6.07, 6.45) is 4.11. The van der Waals surface area contributed by atoms with Gasteiger partial charge in [-0.25, -0.2) is 14.6 Å². The molecule has 8 heteroatoms. The molecule has 2 N–H and O–H groups in total. The highest BCUT2D eigenvalue weighted by atomic mass is 32.2. The van der Waals surface area contributed by atoms with Crippen molar-refractivity contribution in [1.82, 2.24) is 25.1 Å². The Morgan fingerprint density at radius 3 is 2.82 bits per heavy atom. The van der Waals surface area contributed by atoms with Crippen molar-refractivity contribution in [3.8, 4) is 0 Å². The van der Waals surface area contributed by atoms with Gasteiger partial charge in [-0.05, 0) is 32.6 Å². The first-order chi connectivity index (χ1) is 13.5. The van der Waals surface area contributed by atoms with Crippen molar-refractivity contribution in [3.63, 3.8) is 0 Å². The molecule has 0 saturated heterocycles. The van der Waals surface area contributed by atoms with Gasteiger partial charge in [-0.3, -0.25) is 4.79 Å². The zero-order chi connectivity index (χ0) is 20.1. The van der Waals surface area contributed by atoms with Crippen LogP contribution in [0.3, 0.4) is 0 Å². The normalized spacial score (nSPS) is 11.2. The van der Waals surface area contributed by atoms with Gasteiger partial charge in [0, 0.05) is 12.6 Å². The summed E-state index contributed by atoms with van der Waals surface area (Å²) < 4.78 is 1.81. The number of benzene rings is 1. The molecule has 0 radical (unpaired) electrons. The lowest BCUT2D eigenvalue weighted by atomic mass is 10.1. The molecule has 0 bridgehead atoms. The molecule has 0 aliphatic heterocycles. The van der Waals surface area contributed by atoms with Crippen molar-refractivity contribution in [2.24, 2.45) is 0 Å². The number of hydrogen-bond acceptors (Lipinski definition) is 6. The summed E-state index contributed by atoms with van der Waals surface area (Å²) in [5.74, 6) is 0.794. The van der Waals surface area contributed by atoms with E-state index in [1.807, 2.05) is 42.1 Å². The lowest BCUT2D eigenvalue weighted by Crippen LogP contribution is -2.29. The average molecular weight is 399 g/mol. The van der Waals surface area contributed by atoms with Crippen molar-refractivity contribution in [2.45, 2.75) is 44.9 Å². The number of nitrogens with zero attached hydrogens (tertiary/aromatic N) is 4. The molecule has 1 aromatic carbocycles. The molecule has 0 spiro atoms. The predicted octanol–water partition coefficient (Wildman–Crippen LogP) is 3.04. The van der Waals surface area contributed by atoms with E-state index in [9.17, 15) is 4.79 Å². The third-order valence-electron chi connectivity index (χ3n) is 4.18. The summed E-state index contributed by atoms with van der Waals surface area (Å²) in [7, 11) is 0. The monoisotopic (exact) mass is 398 g/mol. The van der Waals surface area contributed by atoms with Gasteiger partial charge < -0.3 is 10.6 Å². The Hall–Kier alpha value is -2.61. The van der Waals surface area contributed by atoms with E-state index in [1.165, 1.54) is 11.8 Å². The van der Waals surface area contributed by atoms with Gasteiger partial charge in [0.2, 0.25) is 5.91 Å². The Labute approximate surface area is 169 Å². The third-order valence-corrected chi connectivity index (χ3v) is 4.72. The Morgan fingerprint density at radius 2 is 2.11 bits per heavy atom. The summed E-state index contributed by atoms with van der Waals surface area (Å²) in [6.45, 7) is 7.21.